The Bertz CT molecular complexity index is 393. The molecule has 0 aliphatic carbocycles. The Morgan fingerprint density at radius 1 is 1.57 bits per heavy atom. The number of halogens is 1. The SMILES string of the molecule is CCC(=O)c1ccc(Cl)c(CC#N)c1. The average molecular weight is 208 g/mol. The molecule has 0 saturated heterocycles. The van der Waals surface area contributed by atoms with Crippen LogP contribution in [0.5, 0.6) is 0 Å². The van der Waals surface area contributed by atoms with Crippen molar-refractivity contribution in [3.05, 3.63) is 34.3 Å². The Kier molecular flexibility index (Phi) is 3.67. The molecule has 1 aromatic carbocycles. The van der Waals surface area contributed by atoms with Gasteiger partial charge >= 0.3 is 0 Å². The molecule has 0 heterocycles. The van der Waals surface area contributed by atoms with E-state index in [-0.39, 0.29) is 12.2 Å². The third-order valence-corrected chi connectivity index (χ3v) is 2.33. The molecule has 0 N–H and O–H groups in total. The van der Waals surface area contributed by atoms with Gasteiger partial charge in [-0.05, 0) is 23.8 Å². The zero-order valence-electron chi connectivity index (χ0n) is 7.88. The Morgan fingerprint density at radius 2 is 2.29 bits per heavy atom. The molecule has 3 heteroatoms. The molecule has 0 radical (unpaired) electrons. The highest BCUT2D eigenvalue weighted by molar-refractivity contribution is 6.31. The van der Waals surface area contributed by atoms with Gasteiger partial charge in [0.1, 0.15) is 0 Å². The fourth-order valence-corrected chi connectivity index (χ4v) is 1.36. The lowest BCUT2D eigenvalue weighted by Gasteiger charge is -2.02. The van der Waals surface area contributed by atoms with Crippen molar-refractivity contribution in [2.75, 3.05) is 0 Å². The van der Waals surface area contributed by atoms with Crippen LogP contribution < -0.4 is 0 Å². The summed E-state index contributed by atoms with van der Waals surface area (Å²) >= 11 is 5.86. The van der Waals surface area contributed by atoms with Crippen LogP contribution in [0.25, 0.3) is 0 Å². The van der Waals surface area contributed by atoms with Crippen LogP contribution >= 0.6 is 11.6 Å². The van der Waals surface area contributed by atoms with E-state index in [2.05, 4.69) is 0 Å². The van der Waals surface area contributed by atoms with Crippen molar-refractivity contribution in [2.45, 2.75) is 19.8 Å². The second-order valence-corrected chi connectivity index (χ2v) is 3.33. The van der Waals surface area contributed by atoms with Gasteiger partial charge in [-0.2, -0.15) is 5.26 Å². The molecular weight excluding hydrogens is 198 g/mol. The van der Waals surface area contributed by atoms with Gasteiger partial charge in [0.15, 0.2) is 5.78 Å². The molecule has 2 nitrogen and oxygen atoms in total. The molecule has 0 spiro atoms. The van der Waals surface area contributed by atoms with Crippen LogP contribution in [0.15, 0.2) is 18.2 Å². The first kappa shape index (κ1) is 10.7. The number of hydrogen-bond acceptors (Lipinski definition) is 2. The number of hydrogen-bond donors (Lipinski definition) is 0. The van der Waals surface area contributed by atoms with E-state index in [0.717, 1.165) is 0 Å². The van der Waals surface area contributed by atoms with Gasteiger partial charge in [-0.15, -0.1) is 0 Å². The molecule has 1 rings (SSSR count). The van der Waals surface area contributed by atoms with Crippen LogP contribution in [-0.4, -0.2) is 5.78 Å². The Morgan fingerprint density at radius 3 is 2.86 bits per heavy atom. The predicted molar refractivity (Wildman–Crippen MR) is 55.4 cm³/mol. The van der Waals surface area contributed by atoms with Gasteiger partial charge < -0.3 is 0 Å². The molecule has 0 aromatic heterocycles. The lowest BCUT2D eigenvalue weighted by molar-refractivity contribution is 0.0988. The number of ketones is 1. The number of nitrogens with zero attached hydrogens (tertiary/aromatic N) is 1. The summed E-state index contributed by atoms with van der Waals surface area (Å²) in [5, 5.41) is 9.08. The van der Waals surface area contributed by atoms with E-state index in [0.29, 0.717) is 22.6 Å². The summed E-state index contributed by atoms with van der Waals surface area (Å²) < 4.78 is 0. The number of benzene rings is 1. The van der Waals surface area contributed by atoms with Crippen molar-refractivity contribution in [1.29, 1.82) is 5.26 Å². The fraction of sp³-hybridized carbons (Fsp3) is 0.273. The normalized spacial score (nSPS) is 9.50. The minimum absolute atomic E-state index is 0.0702. The van der Waals surface area contributed by atoms with Crippen molar-refractivity contribution >= 4 is 17.4 Å². The Balaban J connectivity index is 3.07. The van der Waals surface area contributed by atoms with Crippen molar-refractivity contribution < 1.29 is 4.79 Å². The second-order valence-electron chi connectivity index (χ2n) is 2.92. The van der Waals surface area contributed by atoms with Gasteiger partial charge in [0, 0.05) is 17.0 Å². The molecule has 0 unspecified atom stereocenters. The first-order valence-electron chi connectivity index (χ1n) is 4.37. The quantitative estimate of drug-likeness (QED) is 0.715. The highest BCUT2D eigenvalue weighted by Gasteiger charge is 2.06. The zero-order chi connectivity index (χ0) is 10.6. The van der Waals surface area contributed by atoms with Gasteiger partial charge in [0.05, 0.1) is 12.5 Å². The molecule has 0 aliphatic heterocycles. The lowest BCUT2D eigenvalue weighted by Crippen LogP contribution is -1.97. The summed E-state index contributed by atoms with van der Waals surface area (Å²) in [6.07, 6.45) is 0.706. The zero-order valence-corrected chi connectivity index (χ0v) is 8.64. The molecule has 14 heavy (non-hydrogen) atoms. The van der Waals surface area contributed by atoms with E-state index >= 15 is 0 Å². The largest absolute Gasteiger partial charge is 0.294 e. The third-order valence-electron chi connectivity index (χ3n) is 1.96. The van der Waals surface area contributed by atoms with Crippen molar-refractivity contribution in [1.82, 2.24) is 0 Å². The minimum Gasteiger partial charge on any atom is -0.294 e. The molecule has 72 valence electrons. The van der Waals surface area contributed by atoms with Gasteiger partial charge in [-0.3, -0.25) is 4.79 Å². The smallest absolute Gasteiger partial charge is 0.162 e. The van der Waals surface area contributed by atoms with Crippen molar-refractivity contribution in [3.63, 3.8) is 0 Å². The summed E-state index contributed by atoms with van der Waals surface area (Å²) in [4.78, 5) is 11.4. The van der Waals surface area contributed by atoms with Gasteiger partial charge in [-0.25, -0.2) is 0 Å². The van der Waals surface area contributed by atoms with Crippen LogP contribution in [0.3, 0.4) is 0 Å². The topological polar surface area (TPSA) is 40.9 Å². The summed E-state index contributed by atoms with van der Waals surface area (Å²) in [6.45, 7) is 1.81. The number of rotatable bonds is 3. The van der Waals surface area contributed by atoms with Crippen LogP contribution in [0.2, 0.25) is 5.02 Å². The molecule has 0 aliphatic rings. The fourth-order valence-electron chi connectivity index (χ4n) is 1.17. The monoisotopic (exact) mass is 207 g/mol. The Labute approximate surface area is 88.1 Å². The van der Waals surface area contributed by atoms with Gasteiger partial charge in [0.25, 0.3) is 0 Å². The third kappa shape index (κ3) is 2.34. The van der Waals surface area contributed by atoms with Crippen molar-refractivity contribution in [2.24, 2.45) is 0 Å². The first-order valence-corrected chi connectivity index (χ1v) is 4.75. The Hall–Kier alpha value is -1.33. The highest BCUT2D eigenvalue weighted by atomic mass is 35.5. The van der Waals surface area contributed by atoms with Gasteiger partial charge in [-0.1, -0.05) is 18.5 Å². The summed E-state index contributed by atoms with van der Waals surface area (Å²) in [6, 6.07) is 7.06. The van der Waals surface area contributed by atoms with E-state index in [1.54, 1.807) is 25.1 Å². The van der Waals surface area contributed by atoms with E-state index in [1.165, 1.54) is 0 Å². The number of carbonyl (C=O) groups excluding carboxylic acids is 1. The lowest BCUT2D eigenvalue weighted by atomic mass is 10.0. The standard InChI is InChI=1S/C11H10ClNO/c1-2-11(14)9-3-4-10(12)8(7-9)5-6-13/h3-4,7H,2,5H2,1H3. The van der Waals surface area contributed by atoms with Crippen LogP contribution in [0, 0.1) is 11.3 Å². The highest BCUT2D eigenvalue weighted by Crippen LogP contribution is 2.18. The first-order chi connectivity index (χ1) is 6.69. The molecular formula is C11H10ClNO. The maximum absolute atomic E-state index is 11.4. The molecule has 0 fully saturated rings. The van der Waals surface area contributed by atoms with E-state index in [1.807, 2.05) is 6.07 Å². The van der Waals surface area contributed by atoms with Crippen LogP contribution in [-0.2, 0) is 6.42 Å². The second kappa shape index (κ2) is 4.78. The summed E-state index contributed by atoms with van der Waals surface area (Å²) in [5.74, 6) is 0.0702. The van der Waals surface area contributed by atoms with Crippen LogP contribution in [0.1, 0.15) is 29.3 Å². The number of Topliss-reactive ketones (excluding diaryl/α,β-unsaturated/α-hetero) is 1. The average Bonchev–Trinajstić information content (AvgIpc) is 2.20. The summed E-state index contributed by atoms with van der Waals surface area (Å²) in [5.41, 5.74) is 1.34. The minimum atomic E-state index is 0.0702. The maximum atomic E-state index is 11.4. The predicted octanol–water partition coefficient (Wildman–Crippen LogP) is 3.00. The van der Waals surface area contributed by atoms with Crippen LogP contribution in [0.4, 0.5) is 0 Å². The van der Waals surface area contributed by atoms with Gasteiger partial charge in [0.2, 0.25) is 0 Å². The van der Waals surface area contributed by atoms with Crippen molar-refractivity contribution in [3.8, 4) is 6.07 Å². The summed E-state index contributed by atoms with van der Waals surface area (Å²) in [7, 11) is 0. The molecule has 0 saturated carbocycles. The van der Waals surface area contributed by atoms with E-state index in [9.17, 15) is 4.79 Å². The van der Waals surface area contributed by atoms with E-state index in [4.69, 9.17) is 16.9 Å². The number of carbonyl (C=O) groups is 1. The number of nitriles is 1. The molecule has 0 atom stereocenters. The maximum Gasteiger partial charge on any atom is 0.162 e. The molecule has 0 amide bonds. The van der Waals surface area contributed by atoms with E-state index < -0.39 is 0 Å². The molecule has 1 aromatic rings. The molecule has 0 bridgehead atoms.